The highest BCUT2D eigenvalue weighted by Gasteiger charge is 2.31. The Bertz CT molecular complexity index is 1800. The third kappa shape index (κ3) is 15.1. The molecule has 61 heavy (non-hydrogen) atoms. The van der Waals surface area contributed by atoms with E-state index in [9.17, 15) is 59.4 Å². The number of carbonyl (C=O) groups is 6. The second-order valence-electron chi connectivity index (χ2n) is 13.8. The van der Waals surface area contributed by atoms with Gasteiger partial charge in [-0.3, -0.25) is 28.8 Å². The first-order chi connectivity index (χ1) is 28.6. The van der Waals surface area contributed by atoms with Gasteiger partial charge >= 0.3 is 0 Å². The molecule has 4 atom stereocenters. The number of hydrogen-bond donors (Lipinski definition) is 12. The molecule has 0 bridgehead atoms. The molecule has 2 aromatic rings. The molecule has 0 aliphatic carbocycles. The van der Waals surface area contributed by atoms with E-state index in [4.69, 9.17) is 5.11 Å². The molecule has 12 N–H and O–H groups in total. The van der Waals surface area contributed by atoms with Crippen LogP contribution in [0.4, 0.5) is 11.4 Å². The van der Waals surface area contributed by atoms with Crippen LogP contribution in [0, 0.1) is 41.5 Å². The van der Waals surface area contributed by atoms with Crippen LogP contribution in [0.25, 0.3) is 0 Å². The maximum Gasteiger partial charge on any atom is 0.252 e. The number of carbonyl (C=O) groups excluding carboxylic acids is 6. The maximum absolute atomic E-state index is 13.8. The van der Waals surface area contributed by atoms with Crippen LogP contribution in [0.1, 0.15) is 116 Å². The molecule has 2 rings (SSSR count). The quantitative estimate of drug-likeness (QED) is 0.0883. The van der Waals surface area contributed by atoms with Crippen LogP contribution in [0.5, 0.6) is 0 Å². The Balaban J connectivity index is 0.00000872. The Morgan fingerprint density at radius 1 is 0.475 bits per heavy atom. The highest BCUT2D eigenvalue weighted by Crippen LogP contribution is 2.35. The van der Waals surface area contributed by atoms with Crippen molar-refractivity contribution in [3.63, 3.8) is 0 Å². The number of aliphatic hydroxyl groups is 7. The largest absolute Gasteiger partial charge is 0.394 e. The first-order valence-corrected chi connectivity index (χ1v) is 20.1. The summed E-state index contributed by atoms with van der Waals surface area (Å²) in [7, 11) is 0. The zero-order valence-corrected chi connectivity index (χ0v) is 37.5. The molecule has 0 saturated heterocycles. The van der Waals surface area contributed by atoms with Crippen LogP contribution < -0.4 is 31.5 Å². The van der Waals surface area contributed by atoms with Crippen LogP contribution in [0.2, 0.25) is 0 Å². The third-order valence-corrected chi connectivity index (χ3v) is 9.34. The van der Waals surface area contributed by atoms with Crippen molar-refractivity contribution in [2.24, 2.45) is 0 Å². The molecule has 0 aromatic heterocycles. The monoisotopic (exact) mass is 864 g/mol. The third-order valence-electron chi connectivity index (χ3n) is 9.34. The zero-order chi connectivity index (χ0) is 47.5. The molecule has 0 fully saturated rings. The van der Waals surface area contributed by atoms with Gasteiger partial charge in [0.15, 0.2) is 0 Å². The van der Waals surface area contributed by atoms with Crippen molar-refractivity contribution in [1.82, 2.24) is 21.3 Å². The average molecular weight is 865 g/mol. The number of nitrogens with one attached hydrogen (secondary N) is 5. The van der Waals surface area contributed by atoms with Gasteiger partial charge in [-0.1, -0.05) is 27.7 Å². The Kier molecular flexibility index (Phi) is 24.8. The van der Waals surface area contributed by atoms with Crippen molar-refractivity contribution in [3.8, 4) is 0 Å². The summed E-state index contributed by atoms with van der Waals surface area (Å²) in [5.74, 6) is -4.03. The molecule has 344 valence electrons. The van der Waals surface area contributed by atoms with Gasteiger partial charge in [-0.05, 0) is 74.9 Å². The van der Waals surface area contributed by atoms with Gasteiger partial charge in [-0.15, -0.1) is 0 Å². The Labute approximate surface area is 357 Å². The molecule has 0 radical (unpaired) electrons. The van der Waals surface area contributed by atoms with Crippen molar-refractivity contribution in [2.75, 3.05) is 62.8 Å². The van der Waals surface area contributed by atoms with Crippen LogP contribution in [-0.2, 0) is 9.59 Å². The number of amides is 6. The van der Waals surface area contributed by atoms with E-state index in [1.54, 1.807) is 13.8 Å². The van der Waals surface area contributed by atoms with Crippen molar-refractivity contribution in [2.45, 2.75) is 108 Å². The van der Waals surface area contributed by atoms with Crippen LogP contribution in [0.3, 0.4) is 0 Å². The standard InChI is InChI=1S/C38H56N6O13.2C2H6/c1-17-29(19(3)33(43-23(7)48)20(4)30(17)36(55)40-10-26(51)14-45)35(54)39-9-25(50)13-44(24(8)49)34-21(5)31(37(56)41-11-27(52)15-46)18(2)32(22(34)6)38(57)42-12-28(53)16-47;2*1-2/h25-28,45-47,50-53H,9-16H2,1-8H3,(H,39,54)(H,40,55)(H,41,56)(H,42,57)(H,43,48);2*1-2H3. The minimum absolute atomic E-state index is 0.00185. The van der Waals surface area contributed by atoms with Gasteiger partial charge in [0.25, 0.3) is 23.6 Å². The van der Waals surface area contributed by atoms with E-state index in [1.165, 1.54) is 41.5 Å². The average Bonchev–Trinajstić information content (AvgIpc) is 3.22. The summed E-state index contributed by atoms with van der Waals surface area (Å²) in [5.41, 5.74) is 1.68. The summed E-state index contributed by atoms with van der Waals surface area (Å²) < 4.78 is 0. The van der Waals surface area contributed by atoms with Crippen molar-refractivity contribution >= 4 is 46.8 Å². The summed E-state index contributed by atoms with van der Waals surface area (Å²) in [6.45, 7) is 15.8. The first kappa shape index (κ1) is 56.0. The summed E-state index contributed by atoms with van der Waals surface area (Å²) in [4.78, 5) is 80.6. The minimum Gasteiger partial charge on any atom is -0.394 e. The molecule has 0 spiro atoms. The van der Waals surface area contributed by atoms with E-state index in [0.29, 0.717) is 11.1 Å². The van der Waals surface area contributed by atoms with Crippen molar-refractivity contribution in [3.05, 3.63) is 55.6 Å². The van der Waals surface area contributed by atoms with Crippen LogP contribution in [-0.4, -0.2) is 148 Å². The topological polar surface area (TPSA) is 307 Å². The fourth-order valence-corrected chi connectivity index (χ4v) is 6.60. The lowest BCUT2D eigenvalue weighted by atomic mass is 9.89. The van der Waals surface area contributed by atoms with Crippen LogP contribution >= 0.6 is 0 Å². The fourth-order valence-electron chi connectivity index (χ4n) is 6.60. The predicted octanol–water partition coefficient (Wildman–Crippen LogP) is -0.0593. The number of benzene rings is 2. The van der Waals surface area contributed by atoms with Gasteiger partial charge in [0.1, 0.15) is 0 Å². The van der Waals surface area contributed by atoms with E-state index in [1.807, 2.05) is 27.7 Å². The molecule has 6 amide bonds. The van der Waals surface area contributed by atoms with E-state index in [2.05, 4.69) is 26.6 Å². The fraction of sp³-hybridized carbons (Fsp3) is 0.571. The second kappa shape index (κ2) is 27.0. The molecule has 4 unspecified atom stereocenters. The first-order valence-electron chi connectivity index (χ1n) is 20.1. The minimum atomic E-state index is -1.46. The lowest BCUT2D eigenvalue weighted by molar-refractivity contribution is -0.117. The summed E-state index contributed by atoms with van der Waals surface area (Å²) in [6.07, 6.45) is -5.29. The van der Waals surface area contributed by atoms with Crippen LogP contribution in [0.15, 0.2) is 0 Å². The number of nitrogens with zero attached hydrogens (tertiary/aromatic N) is 1. The molecule has 19 heteroatoms. The predicted molar refractivity (Wildman–Crippen MR) is 231 cm³/mol. The van der Waals surface area contributed by atoms with Gasteiger partial charge in [-0.25, -0.2) is 0 Å². The summed E-state index contributed by atoms with van der Waals surface area (Å²) in [5, 5.41) is 81.1. The number of rotatable bonds is 19. The maximum atomic E-state index is 13.8. The smallest absolute Gasteiger partial charge is 0.252 e. The Morgan fingerprint density at radius 3 is 1.02 bits per heavy atom. The highest BCUT2D eigenvalue weighted by molar-refractivity contribution is 6.09. The van der Waals surface area contributed by atoms with E-state index in [-0.39, 0.29) is 75.5 Å². The molecule has 2 aromatic carbocycles. The van der Waals surface area contributed by atoms with Gasteiger partial charge in [0.2, 0.25) is 11.8 Å². The molecular weight excluding hydrogens is 796 g/mol. The number of anilines is 2. The lowest BCUT2D eigenvalue weighted by Gasteiger charge is -2.31. The number of aliphatic hydroxyl groups excluding tert-OH is 7. The normalized spacial score (nSPS) is 12.5. The van der Waals surface area contributed by atoms with Gasteiger partial charge in [-0.2, -0.15) is 0 Å². The van der Waals surface area contributed by atoms with Gasteiger partial charge in [0.05, 0.1) is 56.5 Å². The SMILES string of the molecule is CC.CC.CC(=O)Nc1c(C)c(C(=O)NCC(O)CO)c(C)c(C(=O)NCC(O)CN(C(C)=O)c2c(C)c(C(=O)NCC(O)CO)c(C)c(C(=O)NCC(O)CO)c2C)c1C. The number of hydrogen-bond acceptors (Lipinski definition) is 13. The summed E-state index contributed by atoms with van der Waals surface area (Å²) in [6, 6.07) is 0. The molecule has 0 aliphatic rings. The van der Waals surface area contributed by atoms with Crippen molar-refractivity contribution < 1.29 is 64.5 Å². The van der Waals surface area contributed by atoms with E-state index >= 15 is 0 Å². The molecule has 0 aliphatic heterocycles. The van der Waals surface area contributed by atoms with E-state index < -0.39 is 92.8 Å². The van der Waals surface area contributed by atoms with Gasteiger partial charge in [0, 0.05) is 68.0 Å². The Morgan fingerprint density at radius 2 is 0.754 bits per heavy atom. The van der Waals surface area contributed by atoms with E-state index in [0.717, 1.165) is 4.90 Å². The van der Waals surface area contributed by atoms with Gasteiger partial charge < -0.3 is 67.2 Å². The summed E-state index contributed by atoms with van der Waals surface area (Å²) >= 11 is 0. The van der Waals surface area contributed by atoms with Crippen molar-refractivity contribution in [1.29, 1.82) is 0 Å². The Hall–Kier alpha value is -5.02. The molecule has 19 nitrogen and oxygen atoms in total. The zero-order valence-electron chi connectivity index (χ0n) is 37.5. The lowest BCUT2D eigenvalue weighted by Crippen LogP contribution is -2.43. The molecule has 0 saturated carbocycles. The highest BCUT2D eigenvalue weighted by atomic mass is 16.3. The molecule has 0 heterocycles. The second-order valence-corrected chi connectivity index (χ2v) is 13.8. The molecular formula is C42H68N6O13.